The Kier molecular flexibility index (Phi) is 4.83. The zero-order valence-corrected chi connectivity index (χ0v) is 12.9. The van der Waals surface area contributed by atoms with E-state index in [4.69, 9.17) is 4.42 Å². The van der Waals surface area contributed by atoms with Crippen LogP contribution in [0.3, 0.4) is 0 Å². The second-order valence-corrected chi connectivity index (χ2v) is 5.48. The summed E-state index contributed by atoms with van der Waals surface area (Å²) in [6.07, 6.45) is 1.03. The van der Waals surface area contributed by atoms with E-state index in [9.17, 15) is 0 Å². The summed E-state index contributed by atoms with van der Waals surface area (Å²) in [4.78, 5) is 0. The van der Waals surface area contributed by atoms with E-state index in [2.05, 4.69) is 78.2 Å². The largest absolute Gasteiger partial charge is 0.459 e. The first-order valence-electron chi connectivity index (χ1n) is 6.33. The number of hydrogen-bond acceptors (Lipinski definition) is 2. The molecule has 1 heterocycles. The molecule has 0 saturated heterocycles. The molecule has 0 aliphatic rings. The maximum absolute atomic E-state index is 5.96. The molecule has 0 fully saturated rings. The smallest absolute Gasteiger partial charge is 0.134 e. The quantitative estimate of drug-likeness (QED) is 0.793. The molecule has 1 aromatic carbocycles. The number of benzene rings is 1. The van der Waals surface area contributed by atoms with Gasteiger partial charge in [-0.05, 0) is 59.8 Å². The third-order valence-corrected chi connectivity index (χ3v) is 3.61. The van der Waals surface area contributed by atoms with Gasteiger partial charge in [-0.3, -0.25) is 0 Å². The minimum Gasteiger partial charge on any atom is -0.459 e. The fourth-order valence-electron chi connectivity index (χ4n) is 2.03. The van der Waals surface area contributed by atoms with Gasteiger partial charge in [0, 0.05) is 9.13 Å². The maximum atomic E-state index is 5.96. The molecule has 2 rings (SSSR count). The average Bonchev–Trinajstić information content (AvgIpc) is 2.85. The van der Waals surface area contributed by atoms with Gasteiger partial charge in [0.2, 0.25) is 0 Å². The van der Waals surface area contributed by atoms with Gasteiger partial charge in [-0.1, -0.05) is 26.0 Å². The predicted molar refractivity (Wildman–Crippen MR) is 83.6 cm³/mol. The molecule has 2 aromatic rings. The molecule has 96 valence electrons. The minimum atomic E-state index is 0.312. The molecular formula is C15H18INO. The van der Waals surface area contributed by atoms with Gasteiger partial charge in [-0.2, -0.15) is 0 Å². The summed E-state index contributed by atoms with van der Waals surface area (Å²) in [5, 5.41) is 3.43. The van der Waals surface area contributed by atoms with Crippen molar-refractivity contribution >= 4 is 22.6 Å². The van der Waals surface area contributed by atoms with Crippen LogP contribution in [-0.2, 0) is 0 Å². The number of halogens is 1. The van der Waals surface area contributed by atoms with Crippen molar-refractivity contribution in [1.82, 2.24) is 5.32 Å². The molecular weight excluding hydrogens is 337 g/mol. The molecule has 0 spiro atoms. The minimum absolute atomic E-state index is 0.312. The second kappa shape index (κ2) is 6.38. The van der Waals surface area contributed by atoms with Crippen LogP contribution >= 0.6 is 22.6 Å². The molecule has 0 radical (unpaired) electrons. The third kappa shape index (κ3) is 3.14. The zero-order chi connectivity index (χ0) is 13.0. The first kappa shape index (κ1) is 13.6. The van der Waals surface area contributed by atoms with E-state index in [1.165, 1.54) is 3.57 Å². The lowest BCUT2D eigenvalue weighted by Gasteiger charge is -2.12. The Morgan fingerprint density at radius 2 is 2.06 bits per heavy atom. The molecule has 3 heteroatoms. The van der Waals surface area contributed by atoms with Gasteiger partial charge in [0.25, 0.3) is 0 Å². The number of nitrogens with one attached hydrogen (secondary N) is 1. The lowest BCUT2D eigenvalue weighted by Crippen LogP contribution is -2.19. The van der Waals surface area contributed by atoms with Crippen LogP contribution in [0.25, 0.3) is 11.3 Å². The third-order valence-electron chi connectivity index (χ3n) is 2.94. The highest BCUT2D eigenvalue weighted by Gasteiger charge is 2.13. The number of hydrogen-bond donors (Lipinski definition) is 1. The van der Waals surface area contributed by atoms with E-state index in [0.29, 0.717) is 6.04 Å². The molecule has 0 aliphatic heterocycles. The van der Waals surface area contributed by atoms with E-state index in [1.807, 2.05) is 0 Å². The highest BCUT2D eigenvalue weighted by Crippen LogP contribution is 2.27. The molecule has 2 nitrogen and oxygen atoms in total. The zero-order valence-electron chi connectivity index (χ0n) is 10.7. The fraction of sp³-hybridized carbons (Fsp3) is 0.333. The number of rotatable bonds is 5. The summed E-state index contributed by atoms with van der Waals surface area (Å²) >= 11 is 2.32. The Labute approximate surface area is 122 Å². The van der Waals surface area contributed by atoms with Crippen molar-refractivity contribution in [3.05, 3.63) is 45.7 Å². The van der Waals surface area contributed by atoms with Crippen molar-refractivity contribution < 1.29 is 4.42 Å². The van der Waals surface area contributed by atoms with Crippen molar-refractivity contribution in [3.8, 4) is 11.3 Å². The van der Waals surface area contributed by atoms with Crippen LogP contribution in [-0.4, -0.2) is 6.54 Å². The SMILES string of the molecule is CCNC(CC)c1ccc(-c2cccc(I)c2)o1. The van der Waals surface area contributed by atoms with Crippen LogP contribution in [0.1, 0.15) is 32.1 Å². The lowest BCUT2D eigenvalue weighted by atomic mass is 10.1. The van der Waals surface area contributed by atoms with Gasteiger partial charge in [0.05, 0.1) is 6.04 Å². The molecule has 18 heavy (non-hydrogen) atoms. The number of furan rings is 1. The van der Waals surface area contributed by atoms with Gasteiger partial charge < -0.3 is 9.73 Å². The van der Waals surface area contributed by atoms with E-state index < -0.39 is 0 Å². The Morgan fingerprint density at radius 3 is 2.72 bits per heavy atom. The van der Waals surface area contributed by atoms with Gasteiger partial charge in [-0.15, -0.1) is 0 Å². The van der Waals surface area contributed by atoms with Crippen molar-refractivity contribution in [1.29, 1.82) is 0 Å². The van der Waals surface area contributed by atoms with Crippen molar-refractivity contribution in [2.24, 2.45) is 0 Å². The van der Waals surface area contributed by atoms with Crippen molar-refractivity contribution in [3.63, 3.8) is 0 Å². The van der Waals surface area contributed by atoms with Crippen LogP contribution in [0.2, 0.25) is 0 Å². The Hall–Kier alpha value is -0.810. The summed E-state index contributed by atoms with van der Waals surface area (Å²) in [5.41, 5.74) is 1.14. The monoisotopic (exact) mass is 355 g/mol. The highest BCUT2D eigenvalue weighted by molar-refractivity contribution is 14.1. The Morgan fingerprint density at radius 1 is 1.22 bits per heavy atom. The van der Waals surface area contributed by atoms with Gasteiger partial charge in [0.1, 0.15) is 11.5 Å². The Balaban J connectivity index is 2.24. The van der Waals surface area contributed by atoms with Gasteiger partial charge in [-0.25, -0.2) is 0 Å². The standard InChI is InChI=1S/C15H18INO/c1-3-13(17-4-2)15-9-8-14(18-15)11-6-5-7-12(16)10-11/h5-10,13,17H,3-4H2,1-2H3. The molecule has 1 unspecified atom stereocenters. The summed E-state index contributed by atoms with van der Waals surface area (Å²) in [6, 6.07) is 12.8. The molecule has 0 bridgehead atoms. The molecule has 0 amide bonds. The normalized spacial score (nSPS) is 12.6. The average molecular weight is 355 g/mol. The van der Waals surface area contributed by atoms with Crippen LogP contribution in [0.5, 0.6) is 0 Å². The van der Waals surface area contributed by atoms with E-state index in [-0.39, 0.29) is 0 Å². The lowest BCUT2D eigenvalue weighted by molar-refractivity contribution is 0.417. The van der Waals surface area contributed by atoms with Crippen LogP contribution in [0.4, 0.5) is 0 Å². The summed E-state index contributed by atoms with van der Waals surface area (Å²) in [5.74, 6) is 1.97. The second-order valence-electron chi connectivity index (χ2n) is 4.23. The van der Waals surface area contributed by atoms with Crippen LogP contribution in [0.15, 0.2) is 40.8 Å². The fourth-order valence-corrected chi connectivity index (χ4v) is 2.57. The van der Waals surface area contributed by atoms with Crippen LogP contribution in [0, 0.1) is 3.57 Å². The van der Waals surface area contributed by atoms with E-state index in [0.717, 1.165) is 30.0 Å². The molecule has 0 aliphatic carbocycles. The highest BCUT2D eigenvalue weighted by atomic mass is 127. The van der Waals surface area contributed by atoms with Gasteiger partial charge >= 0.3 is 0 Å². The molecule has 1 aromatic heterocycles. The molecule has 0 saturated carbocycles. The van der Waals surface area contributed by atoms with E-state index in [1.54, 1.807) is 0 Å². The first-order chi connectivity index (χ1) is 8.74. The van der Waals surface area contributed by atoms with Crippen molar-refractivity contribution in [2.75, 3.05) is 6.54 Å². The van der Waals surface area contributed by atoms with Crippen molar-refractivity contribution in [2.45, 2.75) is 26.3 Å². The van der Waals surface area contributed by atoms with Gasteiger partial charge in [0.15, 0.2) is 0 Å². The van der Waals surface area contributed by atoms with E-state index >= 15 is 0 Å². The molecule has 1 N–H and O–H groups in total. The van der Waals surface area contributed by atoms with Crippen LogP contribution < -0.4 is 5.32 Å². The summed E-state index contributed by atoms with van der Waals surface area (Å²) < 4.78 is 7.19. The summed E-state index contributed by atoms with van der Waals surface area (Å²) in [6.45, 7) is 5.24. The first-order valence-corrected chi connectivity index (χ1v) is 7.41. The maximum Gasteiger partial charge on any atom is 0.134 e. The predicted octanol–water partition coefficient (Wildman–Crippen LogP) is 4.61. The Bertz CT molecular complexity index is 507. The topological polar surface area (TPSA) is 25.2 Å². The summed E-state index contributed by atoms with van der Waals surface area (Å²) in [7, 11) is 0. The molecule has 1 atom stereocenters.